The number of carbonyl (C=O) groups is 1. The minimum absolute atomic E-state index is 0.0790. The van der Waals surface area contributed by atoms with Crippen molar-refractivity contribution in [3.63, 3.8) is 0 Å². The van der Waals surface area contributed by atoms with Gasteiger partial charge < -0.3 is 4.55 Å². The van der Waals surface area contributed by atoms with E-state index in [1.165, 1.54) is 6.07 Å². The van der Waals surface area contributed by atoms with Crippen LogP contribution in [-0.4, -0.2) is 26.1 Å². The van der Waals surface area contributed by atoms with Crippen molar-refractivity contribution in [1.29, 1.82) is 0 Å². The summed E-state index contributed by atoms with van der Waals surface area (Å²) in [6.07, 6.45) is 2.42. The molecule has 0 aliphatic rings. The lowest BCUT2D eigenvalue weighted by atomic mass is 9.98. The average molecular weight is 406 g/mol. The zero-order valence-electron chi connectivity index (χ0n) is 14.1. The SMILES string of the molecule is O=C(c1ccc2ncccc2c1)c1cc(F)cc(CCCNS(=O)[O-])c1Cl. The van der Waals surface area contributed by atoms with Crippen LogP contribution in [0.3, 0.4) is 0 Å². The summed E-state index contributed by atoms with van der Waals surface area (Å²) in [5.41, 5.74) is 1.68. The third-order valence-corrected chi connectivity index (χ3v) is 4.95. The molecule has 0 radical (unpaired) electrons. The summed E-state index contributed by atoms with van der Waals surface area (Å²) in [5, 5.41) is 0.976. The molecule has 0 saturated heterocycles. The first-order valence-electron chi connectivity index (χ1n) is 8.16. The number of nitrogens with zero attached hydrogens (tertiary/aromatic N) is 1. The maximum absolute atomic E-state index is 14.0. The number of ketones is 1. The van der Waals surface area contributed by atoms with Crippen molar-refractivity contribution in [3.8, 4) is 0 Å². The minimum Gasteiger partial charge on any atom is -0.760 e. The Hall–Kier alpha value is -2.19. The molecule has 0 spiro atoms. The van der Waals surface area contributed by atoms with E-state index in [2.05, 4.69) is 9.71 Å². The highest BCUT2D eigenvalue weighted by Crippen LogP contribution is 2.27. The van der Waals surface area contributed by atoms with Crippen LogP contribution >= 0.6 is 11.6 Å². The van der Waals surface area contributed by atoms with Gasteiger partial charge in [0.25, 0.3) is 0 Å². The largest absolute Gasteiger partial charge is 0.760 e. The lowest BCUT2D eigenvalue weighted by Crippen LogP contribution is -2.18. The van der Waals surface area contributed by atoms with Crippen molar-refractivity contribution < 1.29 is 17.9 Å². The summed E-state index contributed by atoms with van der Waals surface area (Å²) in [7, 11) is 0. The number of aromatic nitrogens is 1. The number of rotatable bonds is 7. The molecule has 1 unspecified atom stereocenters. The third-order valence-electron chi connectivity index (χ3n) is 4.07. The van der Waals surface area contributed by atoms with Gasteiger partial charge in [0.05, 0.1) is 10.5 Å². The van der Waals surface area contributed by atoms with Gasteiger partial charge in [-0.05, 0) is 54.8 Å². The number of hydrogen-bond donors (Lipinski definition) is 1. The molecule has 140 valence electrons. The number of fused-ring (bicyclic) bond motifs is 1. The molecular weight excluding hydrogens is 391 g/mol. The summed E-state index contributed by atoms with van der Waals surface area (Å²) >= 11 is 4.00. The third kappa shape index (κ3) is 4.75. The Balaban J connectivity index is 1.88. The molecule has 2 aromatic carbocycles. The minimum atomic E-state index is -2.35. The van der Waals surface area contributed by atoms with Gasteiger partial charge in [-0.3, -0.25) is 14.0 Å². The zero-order chi connectivity index (χ0) is 19.4. The smallest absolute Gasteiger partial charge is 0.194 e. The van der Waals surface area contributed by atoms with Crippen molar-refractivity contribution in [2.45, 2.75) is 12.8 Å². The van der Waals surface area contributed by atoms with E-state index < -0.39 is 17.1 Å². The predicted octanol–water partition coefficient (Wildman–Crippen LogP) is 3.57. The first-order chi connectivity index (χ1) is 13.0. The Morgan fingerprint density at radius 2 is 2.07 bits per heavy atom. The van der Waals surface area contributed by atoms with E-state index in [0.29, 0.717) is 24.0 Å². The Bertz CT molecular complexity index is 1030. The van der Waals surface area contributed by atoms with Gasteiger partial charge in [-0.1, -0.05) is 17.7 Å². The molecule has 0 bridgehead atoms. The van der Waals surface area contributed by atoms with Crippen LogP contribution in [0.15, 0.2) is 48.7 Å². The van der Waals surface area contributed by atoms with E-state index in [-0.39, 0.29) is 22.9 Å². The summed E-state index contributed by atoms with van der Waals surface area (Å²) in [6, 6.07) is 11.0. The Labute approximate surface area is 163 Å². The summed E-state index contributed by atoms with van der Waals surface area (Å²) in [5.74, 6) is -0.953. The van der Waals surface area contributed by atoms with Crippen molar-refractivity contribution in [1.82, 2.24) is 9.71 Å². The van der Waals surface area contributed by atoms with Gasteiger partial charge in [0.1, 0.15) is 5.82 Å². The second-order valence-corrected chi connectivity index (χ2v) is 7.04. The molecule has 0 aliphatic heterocycles. The second-order valence-electron chi connectivity index (χ2n) is 5.90. The molecule has 1 atom stereocenters. The van der Waals surface area contributed by atoms with E-state index in [9.17, 15) is 17.9 Å². The van der Waals surface area contributed by atoms with E-state index in [0.717, 1.165) is 17.0 Å². The number of halogens is 2. The van der Waals surface area contributed by atoms with Gasteiger partial charge >= 0.3 is 0 Å². The molecule has 1 N–H and O–H groups in total. The fourth-order valence-electron chi connectivity index (χ4n) is 2.80. The molecule has 0 aliphatic carbocycles. The van der Waals surface area contributed by atoms with E-state index in [1.807, 2.05) is 6.07 Å². The molecular formula is C19H15ClFN2O3S-. The first-order valence-corrected chi connectivity index (χ1v) is 9.61. The van der Waals surface area contributed by atoms with Crippen LogP contribution in [0.2, 0.25) is 5.02 Å². The van der Waals surface area contributed by atoms with Crippen LogP contribution in [0.25, 0.3) is 10.9 Å². The maximum Gasteiger partial charge on any atom is 0.194 e. The zero-order valence-corrected chi connectivity index (χ0v) is 15.6. The number of carbonyl (C=O) groups excluding carboxylic acids is 1. The highest BCUT2D eigenvalue weighted by molar-refractivity contribution is 7.77. The molecule has 8 heteroatoms. The van der Waals surface area contributed by atoms with Gasteiger partial charge in [-0.15, -0.1) is 0 Å². The topological polar surface area (TPSA) is 82.1 Å². The quantitative estimate of drug-likeness (QED) is 0.370. The number of hydrogen-bond acceptors (Lipinski definition) is 4. The highest BCUT2D eigenvalue weighted by atomic mass is 35.5. The molecule has 3 rings (SSSR count). The molecule has 1 heterocycles. The predicted molar refractivity (Wildman–Crippen MR) is 102 cm³/mol. The van der Waals surface area contributed by atoms with Crippen molar-refractivity contribution in [2.24, 2.45) is 0 Å². The standard InChI is InChI=1S/C19H16ClFN2O3S/c20-18-13(4-2-8-23-27(25)26)10-15(21)11-16(18)19(24)14-5-6-17-12(9-14)3-1-7-22-17/h1,3,5-7,9-11,23H,2,4,8H2,(H,25,26)/p-1. The van der Waals surface area contributed by atoms with E-state index in [4.69, 9.17) is 11.6 Å². The van der Waals surface area contributed by atoms with Gasteiger partial charge in [0.2, 0.25) is 0 Å². The Morgan fingerprint density at radius 3 is 2.85 bits per heavy atom. The lowest BCUT2D eigenvalue weighted by Gasteiger charge is -2.11. The normalized spacial score (nSPS) is 12.3. The summed E-state index contributed by atoms with van der Waals surface area (Å²) in [6.45, 7) is 0.198. The molecule has 1 aromatic heterocycles. The maximum atomic E-state index is 14.0. The Kier molecular flexibility index (Phi) is 6.28. The summed E-state index contributed by atoms with van der Waals surface area (Å²) in [4.78, 5) is 17.1. The molecule has 27 heavy (non-hydrogen) atoms. The Morgan fingerprint density at radius 1 is 1.26 bits per heavy atom. The van der Waals surface area contributed by atoms with Crippen molar-refractivity contribution in [2.75, 3.05) is 6.54 Å². The van der Waals surface area contributed by atoms with Gasteiger partial charge in [-0.2, -0.15) is 0 Å². The number of aryl methyl sites for hydroxylation is 1. The summed E-state index contributed by atoms with van der Waals surface area (Å²) < 4.78 is 37.2. The number of benzene rings is 2. The average Bonchev–Trinajstić information content (AvgIpc) is 2.66. The van der Waals surface area contributed by atoms with Gasteiger partial charge in [0.15, 0.2) is 5.78 Å². The molecule has 0 saturated carbocycles. The van der Waals surface area contributed by atoms with Crippen molar-refractivity contribution >= 4 is 39.6 Å². The molecule has 0 fully saturated rings. The monoisotopic (exact) mass is 405 g/mol. The van der Waals surface area contributed by atoms with Crippen LogP contribution in [0.4, 0.5) is 4.39 Å². The van der Waals surface area contributed by atoms with Gasteiger partial charge in [-0.25, -0.2) is 9.11 Å². The first kappa shape index (κ1) is 19.6. The molecule has 0 amide bonds. The van der Waals surface area contributed by atoms with Crippen LogP contribution in [-0.2, 0) is 17.7 Å². The van der Waals surface area contributed by atoms with Gasteiger partial charge in [0, 0.05) is 40.5 Å². The number of pyridine rings is 1. The molecule has 3 aromatic rings. The number of nitrogens with one attached hydrogen (secondary N) is 1. The van der Waals surface area contributed by atoms with Crippen LogP contribution in [0, 0.1) is 5.82 Å². The van der Waals surface area contributed by atoms with Crippen LogP contribution in [0.1, 0.15) is 27.9 Å². The second kappa shape index (κ2) is 8.67. The fourth-order valence-corrected chi connectivity index (χ4v) is 3.40. The van der Waals surface area contributed by atoms with Crippen LogP contribution < -0.4 is 4.72 Å². The lowest BCUT2D eigenvalue weighted by molar-refractivity contribution is 0.103. The van der Waals surface area contributed by atoms with Crippen molar-refractivity contribution in [3.05, 3.63) is 76.2 Å². The fraction of sp³-hybridized carbons (Fsp3) is 0.158. The highest BCUT2D eigenvalue weighted by Gasteiger charge is 2.18. The molecule has 5 nitrogen and oxygen atoms in total. The van der Waals surface area contributed by atoms with E-state index in [1.54, 1.807) is 30.5 Å². The van der Waals surface area contributed by atoms with E-state index >= 15 is 0 Å². The van der Waals surface area contributed by atoms with Crippen LogP contribution in [0.5, 0.6) is 0 Å².